The number of ether oxygens (including phenoxy) is 1. The first-order valence-electron chi connectivity index (χ1n) is 9.04. The Morgan fingerprint density at radius 2 is 2.04 bits per heavy atom. The maximum atomic E-state index is 6.29. The lowest BCUT2D eigenvalue weighted by molar-refractivity contribution is 0.416. The summed E-state index contributed by atoms with van der Waals surface area (Å²) in [6, 6.07) is 11.9. The summed E-state index contributed by atoms with van der Waals surface area (Å²) < 4.78 is 8.62. The summed E-state index contributed by atoms with van der Waals surface area (Å²) in [5.41, 5.74) is 5.29. The molecule has 1 aromatic heterocycles. The molecule has 27 heavy (non-hydrogen) atoms. The zero-order valence-electron chi connectivity index (χ0n) is 15.4. The van der Waals surface area contributed by atoms with E-state index in [1.807, 2.05) is 35.0 Å². The number of anilines is 1. The van der Waals surface area contributed by atoms with Crippen LogP contribution in [0.4, 0.5) is 5.82 Å². The fourth-order valence-electron chi connectivity index (χ4n) is 3.57. The van der Waals surface area contributed by atoms with Crippen molar-refractivity contribution in [1.82, 2.24) is 9.78 Å². The van der Waals surface area contributed by atoms with E-state index < -0.39 is 0 Å². The van der Waals surface area contributed by atoms with E-state index in [-0.39, 0.29) is 0 Å². The van der Waals surface area contributed by atoms with Gasteiger partial charge in [0.15, 0.2) is 0 Å². The van der Waals surface area contributed by atoms with Crippen LogP contribution in [0.5, 0.6) is 5.75 Å². The third kappa shape index (κ3) is 3.46. The monoisotopic (exact) mass is 445 g/mol. The van der Waals surface area contributed by atoms with Crippen LogP contribution in [0.2, 0.25) is 5.02 Å². The average molecular weight is 447 g/mol. The first-order chi connectivity index (χ1) is 13.1. The number of aryl methyl sites for hydroxylation is 1. The second-order valence-corrected chi connectivity index (χ2v) is 8.10. The fraction of sp³-hybridized carbons (Fsp3) is 0.286. The molecule has 4 nitrogen and oxygen atoms in total. The third-order valence-electron chi connectivity index (χ3n) is 4.95. The minimum atomic E-state index is 0.704. The number of nitrogens with one attached hydrogen (secondary N) is 1. The van der Waals surface area contributed by atoms with Crippen LogP contribution in [0.1, 0.15) is 24.0 Å². The number of halogens is 2. The predicted octanol–water partition coefficient (Wildman–Crippen LogP) is 6.02. The first kappa shape index (κ1) is 18.4. The molecular weight excluding hydrogens is 426 g/mol. The molecule has 0 unspecified atom stereocenters. The van der Waals surface area contributed by atoms with Crippen molar-refractivity contribution in [2.75, 3.05) is 19.0 Å². The van der Waals surface area contributed by atoms with Crippen LogP contribution in [0, 0.1) is 6.92 Å². The standard InChI is InChI=1S/C21H21BrClN3O/c1-13-6-8-15(23)12-18(13)26-21-16(5-3-4-10-24-21)20(25-26)17-11-14(22)7-9-19(17)27-2/h6-9,11-12,24H,3-5,10H2,1-2H3. The lowest BCUT2D eigenvalue weighted by Gasteiger charge is -2.12. The molecule has 0 atom stereocenters. The van der Waals surface area contributed by atoms with Gasteiger partial charge in [-0.3, -0.25) is 0 Å². The largest absolute Gasteiger partial charge is 0.496 e. The Hall–Kier alpha value is -1.98. The van der Waals surface area contributed by atoms with Gasteiger partial charge in [0.2, 0.25) is 0 Å². The number of fused-ring (bicyclic) bond motifs is 1. The lowest BCUT2D eigenvalue weighted by atomic mass is 10.0. The van der Waals surface area contributed by atoms with Crippen LogP contribution in [0.25, 0.3) is 16.9 Å². The number of hydrogen-bond acceptors (Lipinski definition) is 3. The summed E-state index contributed by atoms with van der Waals surface area (Å²) in [6.07, 6.45) is 3.24. The van der Waals surface area contributed by atoms with Gasteiger partial charge in [0.05, 0.1) is 12.8 Å². The molecule has 0 aliphatic carbocycles. The highest BCUT2D eigenvalue weighted by molar-refractivity contribution is 9.10. The van der Waals surface area contributed by atoms with Crippen LogP contribution in [-0.2, 0) is 6.42 Å². The molecule has 140 valence electrons. The van der Waals surface area contributed by atoms with Crippen molar-refractivity contribution in [3.05, 3.63) is 57.0 Å². The number of aromatic nitrogens is 2. The van der Waals surface area contributed by atoms with Crippen molar-refractivity contribution in [1.29, 1.82) is 0 Å². The second kappa shape index (κ2) is 7.56. The molecule has 0 saturated heterocycles. The topological polar surface area (TPSA) is 39.1 Å². The quantitative estimate of drug-likeness (QED) is 0.534. The van der Waals surface area contributed by atoms with E-state index >= 15 is 0 Å². The minimum absolute atomic E-state index is 0.704. The van der Waals surface area contributed by atoms with E-state index in [4.69, 9.17) is 21.4 Å². The normalized spacial score (nSPS) is 13.6. The highest BCUT2D eigenvalue weighted by Gasteiger charge is 2.24. The molecule has 4 rings (SSSR count). The predicted molar refractivity (Wildman–Crippen MR) is 114 cm³/mol. The summed E-state index contributed by atoms with van der Waals surface area (Å²) in [5.74, 6) is 1.87. The third-order valence-corrected chi connectivity index (χ3v) is 5.67. The molecule has 6 heteroatoms. The Morgan fingerprint density at radius 3 is 2.85 bits per heavy atom. The molecule has 0 radical (unpaired) electrons. The smallest absolute Gasteiger partial charge is 0.133 e. The molecule has 0 bridgehead atoms. The fourth-order valence-corrected chi connectivity index (χ4v) is 4.10. The molecule has 0 fully saturated rings. The van der Waals surface area contributed by atoms with Crippen molar-refractivity contribution < 1.29 is 4.74 Å². The Balaban J connectivity index is 1.98. The van der Waals surface area contributed by atoms with Crippen molar-refractivity contribution in [3.63, 3.8) is 0 Å². The Bertz CT molecular complexity index is 999. The highest BCUT2D eigenvalue weighted by atomic mass is 79.9. The van der Waals surface area contributed by atoms with Crippen molar-refractivity contribution in [2.45, 2.75) is 26.2 Å². The number of methoxy groups -OCH3 is 1. The average Bonchev–Trinajstić information content (AvgIpc) is 2.84. The van der Waals surface area contributed by atoms with Crippen LogP contribution in [-0.4, -0.2) is 23.4 Å². The van der Waals surface area contributed by atoms with Gasteiger partial charge in [0.1, 0.15) is 17.3 Å². The molecular formula is C21H21BrClN3O. The van der Waals surface area contributed by atoms with E-state index in [9.17, 15) is 0 Å². The second-order valence-electron chi connectivity index (χ2n) is 6.75. The summed E-state index contributed by atoms with van der Waals surface area (Å²) in [5, 5.41) is 9.31. The Morgan fingerprint density at radius 1 is 1.19 bits per heavy atom. The number of benzene rings is 2. The van der Waals surface area contributed by atoms with Gasteiger partial charge < -0.3 is 10.1 Å². The molecule has 0 spiro atoms. The Labute approximate surface area is 172 Å². The summed E-state index contributed by atoms with van der Waals surface area (Å²) in [7, 11) is 1.70. The summed E-state index contributed by atoms with van der Waals surface area (Å²) >= 11 is 9.87. The van der Waals surface area contributed by atoms with Gasteiger partial charge in [-0.25, -0.2) is 4.68 Å². The highest BCUT2D eigenvalue weighted by Crippen LogP contribution is 2.39. The lowest BCUT2D eigenvalue weighted by Crippen LogP contribution is -2.08. The minimum Gasteiger partial charge on any atom is -0.496 e. The van der Waals surface area contributed by atoms with Gasteiger partial charge in [-0.2, -0.15) is 5.10 Å². The molecule has 2 heterocycles. The molecule has 3 aromatic rings. The van der Waals surface area contributed by atoms with Gasteiger partial charge >= 0.3 is 0 Å². The van der Waals surface area contributed by atoms with Gasteiger partial charge in [-0.15, -0.1) is 0 Å². The van der Waals surface area contributed by atoms with Crippen LogP contribution in [0.3, 0.4) is 0 Å². The maximum Gasteiger partial charge on any atom is 0.133 e. The van der Waals surface area contributed by atoms with E-state index in [1.54, 1.807) is 7.11 Å². The van der Waals surface area contributed by atoms with E-state index in [1.165, 1.54) is 5.56 Å². The molecule has 0 amide bonds. The summed E-state index contributed by atoms with van der Waals surface area (Å²) in [4.78, 5) is 0. The Kier molecular flexibility index (Phi) is 5.15. The van der Waals surface area contributed by atoms with Gasteiger partial charge in [-0.05, 0) is 62.1 Å². The van der Waals surface area contributed by atoms with Crippen molar-refractivity contribution in [2.24, 2.45) is 0 Å². The molecule has 1 aliphatic heterocycles. The zero-order valence-corrected chi connectivity index (χ0v) is 17.7. The number of nitrogens with zero attached hydrogens (tertiary/aromatic N) is 2. The van der Waals surface area contributed by atoms with Gasteiger partial charge in [0.25, 0.3) is 0 Å². The van der Waals surface area contributed by atoms with E-state index in [0.717, 1.165) is 64.4 Å². The van der Waals surface area contributed by atoms with Crippen molar-refractivity contribution in [3.8, 4) is 22.7 Å². The number of hydrogen-bond donors (Lipinski definition) is 1. The van der Waals surface area contributed by atoms with Gasteiger partial charge in [-0.1, -0.05) is 33.6 Å². The summed E-state index contributed by atoms with van der Waals surface area (Å²) in [6.45, 7) is 3.02. The van der Waals surface area contributed by atoms with Gasteiger partial charge in [0, 0.05) is 27.2 Å². The first-order valence-corrected chi connectivity index (χ1v) is 10.2. The SMILES string of the molecule is COc1ccc(Br)cc1-c1nn(-c2cc(Cl)ccc2C)c2c1CCCCN2. The van der Waals surface area contributed by atoms with E-state index in [0.29, 0.717) is 5.02 Å². The zero-order chi connectivity index (χ0) is 19.0. The molecule has 0 saturated carbocycles. The molecule has 1 N–H and O–H groups in total. The van der Waals surface area contributed by atoms with Crippen LogP contribution < -0.4 is 10.1 Å². The molecule has 2 aromatic carbocycles. The maximum absolute atomic E-state index is 6.29. The number of rotatable bonds is 3. The van der Waals surface area contributed by atoms with Crippen LogP contribution >= 0.6 is 27.5 Å². The molecule has 1 aliphatic rings. The van der Waals surface area contributed by atoms with Crippen molar-refractivity contribution >= 4 is 33.3 Å². The van der Waals surface area contributed by atoms with Crippen LogP contribution in [0.15, 0.2) is 40.9 Å². The van der Waals surface area contributed by atoms with E-state index in [2.05, 4.69) is 34.2 Å².